The lowest BCUT2D eigenvalue weighted by molar-refractivity contribution is 0.315. The topological polar surface area (TPSA) is 83.0 Å². The molecule has 7 nitrogen and oxygen atoms in total. The molecule has 4 aromatic rings. The molecule has 0 amide bonds. The minimum Gasteiger partial charge on any atom is -0.507 e. The largest absolute Gasteiger partial charge is 0.507 e. The maximum Gasteiger partial charge on any atom is 0.332 e. The first-order valence-corrected chi connectivity index (χ1v) is 10.9. The Morgan fingerprint density at radius 2 is 1.71 bits per heavy atom. The van der Waals surface area contributed by atoms with E-state index >= 15 is 0 Å². The lowest BCUT2D eigenvalue weighted by Gasteiger charge is -2.34. The van der Waals surface area contributed by atoms with Crippen LogP contribution in [0.1, 0.15) is 0 Å². The van der Waals surface area contributed by atoms with Crippen molar-refractivity contribution in [2.45, 2.75) is 0 Å². The summed E-state index contributed by atoms with van der Waals surface area (Å²) in [6.45, 7) is 1.02. The number of oxime groups is 1. The van der Waals surface area contributed by atoms with Crippen LogP contribution in [0.2, 0.25) is 5.02 Å². The molecule has 0 radical (unpaired) electrons. The quantitative estimate of drug-likeness (QED) is 0.330. The van der Waals surface area contributed by atoms with Gasteiger partial charge in [0, 0.05) is 36.3 Å². The number of aromatic nitrogens is 2. The average molecular weight is 479 g/mol. The molecule has 0 bridgehead atoms. The van der Waals surface area contributed by atoms with Gasteiger partial charge in [-0.25, -0.2) is 9.18 Å². The first kappa shape index (κ1) is 21.8. The normalized spacial score (nSPS) is 13.1. The number of halogens is 2. The Morgan fingerprint density at radius 3 is 2.32 bits per heavy atom. The van der Waals surface area contributed by atoms with Crippen LogP contribution in [0.3, 0.4) is 0 Å². The molecular formula is C25H20ClFN4O3. The van der Waals surface area contributed by atoms with Gasteiger partial charge in [0.2, 0.25) is 0 Å². The smallest absolute Gasteiger partial charge is 0.332 e. The van der Waals surface area contributed by atoms with E-state index in [1.165, 1.54) is 21.3 Å². The maximum atomic E-state index is 14.7. The Kier molecular flexibility index (Phi) is 5.37. The number of anilines is 1. The fourth-order valence-electron chi connectivity index (χ4n) is 4.07. The summed E-state index contributed by atoms with van der Waals surface area (Å²) in [6, 6.07) is 14.9. The second-order valence-electron chi connectivity index (χ2n) is 8.15. The van der Waals surface area contributed by atoms with Crippen molar-refractivity contribution in [2.75, 3.05) is 18.0 Å². The highest BCUT2D eigenvalue weighted by atomic mass is 35.5. The molecule has 1 saturated heterocycles. The molecule has 1 aliphatic rings. The van der Waals surface area contributed by atoms with Crippen LogP contribution in [0.5, 0.6) is 5.75 Å². The zero-order chi connectivity index (χ0) is 24.0. The van der Waals surface area contributed by atoms with Crippen LogP contribution in [0.4, 0.5) is 10.1 Å². The third-order valence-corrected chi connectivity index (χ3v) is 6.25. The van der Waals surface area contributed by atoms with Gasteiger partial charge in [0.05, 0.1) is 29.5 Å². The van der Waals surface area contributed by atoms with Gasteiger partial charge < -0.3 is 19.8 Å². The van der Waals surface area contributed by atoms with Crippen LogP contribution in [0.25, 0.3) is 27.9 Å². The molecule has 1 aliphatic heterocycles. The molecule has 0 aliphatic carbocycles. The van der Waals surface area contributed by atoms with Crippen molar-refractivity contribution < 1.29 is 14.7 Å². The van der Waals surface area contributed by atoms with Crippen molar-refractivity contribution in [1.82, 2.24) is 9.13 Å². The Labute approximate surface area is 199 Å². The van der Waals surface area contributed by atoms with Crippen molar-refractivity contribution in [3.8, 4) is 33.7 Å². The summed E-state index contributed by atoms with van der Waals surface area (Å²) in [7, 11) is 1.64. The first-order chi connectivity index (χ1) is 16.4. The number of imidazole rings is 1. The molecule has 0 spiro atoms. The molecule has 172 valence electrons. The third-order valence-electron chi connectivity index (χ3n) is 5.95. The predicted molar refractivity (Wildman–Crippen MR) is 130 cm³/mol. The molecule has 5 rings (SSSR count). The summed E-state index contributed by atoms with van der Waals surface area (Å²) < 4.78 is 17.5. The van der Waals surface area contributed by atoms with E-state index in [1.807, 2.05) is 23.1 Å². The van der Waals surface area contributed by atoms with Gasteiger partial charge in [-0.1, -0.05) is 35.0 Å². The number of hydrogen-bond donors (Lipinski definition) is 2. The molecule has 9 heteroatoms. The van der Waals surface area contributed by atoms with Gasteiger partial charge in [0.1, 0.15) is 11.6 Å². The van der Waals surface area contributed by atoms with Crippen molar-refractivity contribution >= 4 is 23.0 Å². The van der Waals surface area contributed by atoms with Crippen molar-refractivity contribution in [1.29, 1.82) is 0 Å². The maximum absolute atomic E-state index is 14.7. The Bertz CT molecular complexity index is 1500. The van der Waals surface area contributed by atoms with Crippen molar-refractivity contribution in [3.05, 3.63) is 88.3 Å². The van der Waals surface area contributed by atoms with Gasteiger partial charge in [0.25, 0.3) is 0 Å². The second kappa shape index (κ2) is 8.39. The van der Waals surface area contributed by atoms with Crippen molar-refractivity contribution in [3.63, 3.8) is 0 Å². The minimum absolute atomic E-state index is 0.0829. The summed E-state index contributed by atoms with van der Waals surface area (Å²) >= 11 is 6.47. The highest BCUT2D eigenvalue weighted by Gasteiger charge is 2.23. The molecule has 2 heterocycles. The van der Waals surface area contributed by atoms with Gasteiger partial charge in [-0.05, 0) is 47.5 Å². The number of benzene rings is 3. The highest BCUT2D eigenvalue weighted by Crippen LogP contribution is 2.41. The summed E-state index contributed by atoms with van der Waals surface area (Å²) in [4.78, 5) is 14.3. The van der Waals surface area contributed by atoms with Gasteiger partial charge in [0.15, 0.2) is 0 Å². The molecular weight excluding hydrogens is 459 g/mol. The standard InChI is InChI=1S/C25H20ClFN4O3/c1-29-7-8-31(25(29)33)23-6-5-16(10-22(23)26)21-12-17(27)11-20(24(21)32)15-3-2-4-19(9-15)30-13-18(14-30)28-34/h2-12,32,34H,13-14H2,1H3. The molecule has 1 aromatic heterocycles. The minimum atomic E-state index is -0.508. The van der Waals surface area contributed by atoms with Crippen LogP contribution in [-0.4, -0.2) is 38.2 Å². The average Bonchev–Trinajstić information content (AvgIpc) is 3.12. The number of hydrogen-bond acceptors (Lipinski definition) is 5. The van der Waals surface area contributed by atoms with E-state index in [0.717, 1.165) is 5.69 Å². The Hall–Kier alpha value is -4.04. The van der Waals surface area contributed by atoms with E-state index < -0.39 is 5.82 Å². The number of phenolic OH excluding ortho intramolecular Hbond substituents is 1. The van der Waals surface area contributed by atoms with Crippen LogP contribution in [-0.2, 0) is 7.05 Å². The number of nitrogens with zero attached hydrogens (tertiary/aromatic N) is 4. The van der Waals surface area contributed by atoms with Crippen LogP contribution < -0.4 is 10.6 Å². The summed E-state index contributed by atoms with van der Waals surface area (Å²) in [5.41, 5.74) is 3.57. The van der Waals surface area contributed by atoms with Crippen LogP contribution >= 0.6 is 11.6 Å². The summed E-state index contributed by atoms with van der Waals surface area (Å²) in [5, 5.41) is 23.5. The SMILES string of the molecule is Cn1ccn(-c2ccc(-c3cc(F)cc(-c4cccc(N5CC(=NO)C5)c4)c3O)cc2Cl)c1=O. The highest BCUT2D eigenvalue weighted by molar-refractivity contribution is 6.32. The predicted octanol–water partition coefficient (Wildman–Crippen LogP) is 4.66. The van der Waals surface area contributed by atoms with Crippen LogP contribution in [0, 0.1) is 5.82 Å². The zero-order valence-electron chi connectivity index (χ0n) is 18.1. The molecule has 1 fully saturated rings. The van der Waals surface area contributed by atoms with Crippen LogP contribution in [0.15, 0.2) is 76.9 Å². The molecule has 2 N–H and O–H groups in total. The monoisotopic (exact) mass is 478 g/mol. The number of aromatic hydroxyl groups is 1. The van der Waals surface area contributed by atoms with Crippen molar-refractivity contribution in [2.24, 2.45) is 12.2 Å². The van der Waals surface area contributed by atoms with E-state index in [4.69, 9.17) is 16.8 Å². The van der Waals surface area contributed by atoms with Gasteiger partial charge in [-0.2, -0.15) is 0 Å². The number of phenols is 1. The fourth-order valence-corrected chi connectivity index (χ4v) is 4.34. The van der Waals surface area contributed by atoms with E-state index in [9.17, 15) is 14.3 Å². The number of rotatable bonds is 4. The fraction of sp³-hybridized carbons (Fsp3) is 0.120. The first-order valence-electron chi connectivity index (χ1n) is 10.5. The summed E-state index contributed by atoms with van der Waals surface area (Å²) in [5.74, 6) is -0.591. The lowest BCUT2D eigenvalue weighted by Crippen LogP contribution is -2.47. The zero-order valence-corrected chi connectivity index (χ0v) is 18.9. The second-order valence-corrected chi connectivity index (χ2v) is 8.56. The van der Waals surface area contributed by atoms with E-state index in [2.05, 4.69) is 5.16 Å². The molecule has 0 saturated carbocycles. The van der Waals surface area contributed by atoms with Gasteiger partial charge in [-0.3, -0.25) is 4.57 Å². The third kappa shape index (κ3) is 3.72. The van der Waals surface area contributed by atoms with Gasteiger partial charge in [-0.15, -0.1) is 0 Å². The summed E-state index contributed by atoms with van der Waals surface area (Å²) in [6.07, 6.45) is 3.24. The van der Waals surface area contributed by atoms with E-state index in [0.29, 0.717) is 41.2 Å². The van der Waals surface area contributed by atoms with E-state index in [-0.39, 0.29) is 22.0 Å². The molecule has 0 atom stereocenters. The van der Waals surface area contributed by atoms with E-state index in [1.54, 1.807) is 43.7 Å². The van der Waals surface area contributed by atoms with Gasteiger partial charge >= 0.3 is 5.69 Å². The molecule has 34 heavy (non-hydrogen) atoms. The lowest BCUT2D eigenvalue weighted by atomic mass is 9.96. The Balaban J connectivity index is 1.54. The number of aryl methyl sites for hydroxylation is 1. The Morgan fingerprint density at radius 1 is 1.00 bits per heavy atom. The molecule has 0 unspecified atom stereocenters. The molecule has 3 aromatic carbocycles.